The smallest absolute Gasteiger partial charge is 0.331 e. The molecule has 0 aliphatic carbocycles. The molecule has 0 unspecified atom stereocenters. The van der Waals surface area contributed by atoms with Gasteiger partial charge in [0.25, 0.3) is 0 Å². The van der Waals surface area contributed by atoms with Crippen LogP contribution in [0.4, 0.5) is 0 Å². The zero-order chi connectivity index (χ0) is 12.6. The van der Waals surface area contributed by atoms with E-state index in [1.54, 1.807) is 13.8 Å². The minimum Gasteiger partial charge on any atom is -0.460 e. The Kier molecular flexibility index (Phi) is 7.25. The van der Waals surface area contributed by atoms with Crippen molar-refractivity contribution in [3.05, 3.63) is 12.2 Å². The van der Waals surface area contributed by atoms with Crippen molar-refractivity contribution < 1.29 is 19.1 Å². The largest absolute Gasteiger partial charge is 0.460 e. The number of rotatable bonds is 6. The van der Waals surface area contributed by atoms with Crippen LogP contribution < -0.4 is 0 Å². The molecule has 0 fully saturated rings. The van der Waals surface area contributed by atoms with E-state index in [1.165, 1.54) is 0 Å². The maximum atomic E-state index is 11.2. The molecule has 0 aliphatic rings. The normalized spacial score (nSPS) is 14.5. The average Bonchev–Trinajstić information content (AvgIpc) is 2.26. The first-order valence-electron chi connectivity index (χ1n) is 5.58. The monoisotopic (exact) mass is 228 g/mol. The van der Waals surface area contributed by atoms with Crippen LogP contribution in [0.3, 0.4) is 0 Å². The van der Waals surface area contributed by atoms with Crippen LogP contribution in [0.2, 0.25) is 0 Å². The molecule has 0 N–H and O–H groups in total. The second-order valence-electron chi connectivity index (χ2n) is 3.64. The molecule has 2 atom stereocenters. The Morgan fingerprint density at radius 1 is 0.938 bits per heavy atom. The predicted molar refractivity (Wildman–Crippen MR) is 60.8 cm³/mol. The van der Waals surface area contributed by atoms with Gasteiger partial charge in [0, 0.05) is 12.2 Å². The second kappa shape index (κ2) is 7.91. The maximum Gasteiger partial charge on any atom is 0.331 e. The lowest BCUT2D eigenvalue weighted by atomic mass is 10.3. The van der Waals surface area contributed by atoms with E-state index in [4.69, 9.17) is 9.47 Å². The summed E-state index contributed by atoms with van der Waals surface area (Å²) in [6, 6.07) is 0. The summed E-state index contributed by atoms with van der Waals surface area (Å²) in [6.45, 7) is 7.42. The van der Waals surface area contributed by atoms with Crippen LogP contribution >= 0.6 is 0 Å². The van der Waals surface area contributed by atoms with Crippen LogP contribution in [-0.4, -0.2) is 24.1 Å². The van der Waals surface area contributed by atoms with Gasteiger partial charge in [-0.05, 0) is 26.7 Å². The van der Waals surface area contributed by atoms with Gasteiger partial charge in [-0.3, -0.25) is 0 Å². The van der Waals surface area contributed by atoms with Gasteiger partial charge in [-0.1, -0.05) is 13.8 Å². The topological polar surface area (TPSA) is 52.6 Å². The lowest BCUT2D eigenvalue weighted by molar-refractivity contribution is -0.145. The molecule has 0 aromatic heterocycles. The molecule has 0 amide bonds. The van der Waals surface area contributed by atoms with Crippen molar-refractivity contribution >= 4 is 11.9 Å². The van der Waals surface area contributed by atoms with Gasteiger partial charge >= 0.3 is 11.9 Å². The summed E-state index contributed by atoms with van der Waals surface area (Å²) in [7, 11) is 0. The third-order valence-electron chi connectivity index (χ3n) is 2.14. The highest BCUT2D eigenvalue weighted by molar-refractivity contribution is 5.91. The van der Waals surface area contributed by atoms with Gasteiger partial charge in [0.1, 0.15) is 0 Å². The van der Waals surface area contributed by atoms with Crippen molar-refractivity contribution in [3.63, 3.8) is 0 Å². The lowest BCUT2D eigenvalue weighted by Crippen LogP contribution is -2.14. The summed E-state index contributed by atoms with van der Waals surface area (Å²) >= 11 is 0. The second-order valence-corrected chi connectivity index (χ2v) is 3.64. The molecule has 0 spiro atoms. The molecule has 0 aromatic rings. The van der Waals surface area contributed by atoms with Crippen molar-refractivity contribution in [2.75, 3.05) is 0 Å². The molecule has 0 radical (unpaired) electrons. The van der Waals surface area contributed by atoms with E-state index in [0.29, 0.717) is 0 Å². The number of hydrogen-bond acceptors (Lipinski definition) is 4. The lowest BCUT2D eigenvalue weighted by Gasteiger charge is -2.09. The van der Waals surface area contributed by atoms with Crippen molar-refractivity contribution in [2.45, 2.75) is 52.7 Å². The first kappa shape index (κ1) is 14.7. The number of carbonyl (C=O) groups excluding carboxylic acids is 2. The van der Waals surface area contributed by atoms with Crippen molar-refractivity contribution in [3.8, 4) is 0 Å². The minimum atomic E-state index is -0.518. The SMILES string of the molecule is CC[C@@H](C)OC(=O)C=CC(=O)O[C@H](C)CC. The minimum absolute atomic E-state index is 0.136. The van der Waals surface area contributed by atoms with E-state index in [2.05, 4.69) is 0 Å². The summed E-state index contributed by atoms with van der Waals surface area (Å²) in [5.41, 5.74) is 0. The van der Waals surface area contributed by atoms with Gasteiger partial charge in [0.05, 0.1) is 12.2 Å². The van der Waals surface area contributed by atoms with Crippen LogP contribution in [0.15, 0.2) is 12.2 Å². The van der Waals surface area contributed by atoms with Crippen molar-refractivity contribution in [1.29, 1.82) is 0 Å². The van der Waals surface area contributed by atoms with Crippen LogP contribution in [0.5, 0.6) is 0 Å². The predicted octanol–water partition coefficient (Wildman–Crippen LogP) is 2.23. The highest BCUT2D eigenvalue weighted by Gasteiger charge is 2.07. The summed E-state index contributed by atoms with van der Waals surface area (Å²) in [5, 5.41) is 0. The van der Waals surface area contributed by atoms with Gasteiger partial charge in [-0.2, -0.15) is 0 Å². The van der Waals surface area contributed by atoms with Gasteiger partial charge in [0.2, 0.25) is 0 Å². The zero-order valence-corrected chi connectivity index (χ0v) is 10.4. The van der Waals surface area contributed by atoms with Crippen molar-refractivity contribution in [2.24, 2.45) is 0 Å². The Morgan fingerprint density at radius 2 is 1.25 bits per heavy atom. The summed E-state index contributed by atoms with van der Waals surface area (Å²) in [4.78, 5) is 22.3. The first-order valence-corrected chi connectivity index (χ1v) is 5.58. The van der Waals surface area contributed by atoms with Gasteiger partial charge in [-0.25, -0.2) is 9.59 Å². The molecule has 16 heavy (non-hydrogen) atoms. The molecule has 0 bridgehead atoms. The summed E-state index contributed by atoms with van der Waals surface area (Å²) in [5.74, 6) is -1.04. The Hall–Kier alpha value is -1.32. The Labute approximate surface area is 96.6 Å². The summed E-state index contributed by atoms with van der Waals surface area (Å²) < 4.78 is 9.90. The molecular weight excluding hydrogens is 208 g/mol. The third-order valence-corrected chi connectivity index (χ3v) is 2.14. The van der Waals surface area contributed by atoms with E-state index >= 15 is 0 Å². The molecule has 0 rings (SSSR count). The molecule has 0 saturated heterocycles. The van der Waals surface area contributed by atoms with E-state index in [1.807, 2.05) is 13.8 Å². The number of esters is 2. The van der Waals surface area contributed by atoms with E-state index < -0.39 is 11.9 Å². The molecule has 4 nitrogen and oxygen atoms in total. The number of hydrogen-bond donors (Lipinski definition) is 0. The summed E-state index contributed by atoms with van der Waals surface area (Å²) in [6.07, 6.45) is 3.41. The molecule has 92 valence electrons. The van der Waals surface area contributed by atoms with Crippen molar-refractivity contribution in [1.82, 2.24) is 0 Å². The van der Waals surface area contributed by atoms with E-state index in [-0.39, 0.29) is 12.2 Å². The number of ether oxygens (including phenoxy) is 2. The third kappa shape index (κ3) is 7.04. The Bertz CT molecular complexity index is 232. The standard InChI is InChI=1S/C12H20O4/c1-5-9(3)15-11(13)7-8-12(14)16-10(4)6-2/h7-10H,5-6H2,1-4H3/t9-,10-/m1/s1. The fourth-order valence-corrected chi connectivity index (χ4v) is 0.778. The van der Waals surface area contributed by atoms with E-state index in [9.17, 15) is 9.59 Å². The molecule has 0 saturated carbocycles. The molecular formula is C12H20O4. The molecule has 4 heteroatoms. The van der Waals surface area contributed by atoms with Crippen LogP contribution in [0, 0.1) is 0 Å². The first-order chi connectivity index (χ1) is 7.49. The van der Waals surface area contributed by atoms with Crippen LogP contribution in [0.25, 0.3) is 0 Å². The fraction of sp³-hybridized carbons (Fsp3) is 0.667. The van der Waals surface area contributed by atoms with Crippen LogP contribution in [0.1, 0.15) is 40.5 Å². The molecule has 0 heterocycles. The quantitative estimate of drug-likeness (QED) is 0.516. The molecule has 0 aliphatic heterocycles. The van der Waals surface area contributed by atoms with Gasteiger partial charge in [-0.15, -0.1) is 0 Å². The number of carbonyl (C=O) groups is 2. The Morgan fingerprint density at radius 3 is 1.50 bits per heavy atom. The average molecular weight is 228 g/mol. The molecule has 0 aromatic carbocycles. The van der Waals surface area contributed by atoms with E-state index in [0.717, 1.165) is 25.0 Å². The zero-order valence-electron chi connectivity index (χ0n) is 10.4. The van der Waals surface area contributed by atoms with Gasteiger partial charge < -0.3 is 9.47 Å². The highest BCUT2D eigenvalue weighted by atomic mass is 16.5. The van der Waals surface area contributed by atoms with Gasteiger partial charge in [0.15, 0.2) is 0 Å². The Balaban J connectivity index is 3.98. The maximum absolute atomic E-state index is 11.2. The fourth-order valence-electron chi connectivity index (χ4n) is 0.778. The highest BCUT2D eigenvalue weighted by Crippen LogP contribution is 1.99. The van der Waals surface area contributed by atoms with Crippen LogP contribution in [-0.2, 0) is 19.1 Å².